The number of nitrogens with zero attached hydrogens (tertiary/aromatic N) is 1. The van der Waals surface area contributed by atoms with Gasteiger partial charge >= 0.3 is 5.97 Å². The minimum atomic E-state index is -0.696. The topological polar surface area (TPSA) is 50.2 Å². The first-order valence-electron chi connectivity index (χ1n) is 5.92. The summed E-state index contributed by atoms with van der Waals surface area (Å²) >= 11 is 0. The molecule has 0 aromatic carbocycles. The third-order valence-electron chi connectivity index (χ3n) is 3.45. The molecular weight excluding hydrogens is 202 g/mol. The Bertz CT molecular complexity index is 344. The number of rotatable bonds is 3. The van der Waals surface area contributed by atoms with Gasteiger partial charge in [0.2, 0.25) is 0 Å². The van der Waals surface area contributed by atoms with E-state index in [4.69, 9.17) is 0 Å². The zero-order chi connectivity index (χ0) is 11.4. The van der Waals surface area contributed by atoms with E-state index >= 15 is 0 Å². The molecule has 3 heteroatoms. The highest BCUT2D eigenvalue weighted by atomic mass is 16.4. The van der Waals surface area contributed by atoms with Crippen molar-refractivity contribution >= 4 is 5.97 Å². The van der Waals surface area contributed by atoms with Gasteiger partial charge in [-0.3, -0.25) is 9.78 Å². The van der Waals surface area contributed by atoms with Gasteiger partial charge < -0.3 is 5.11 Å². The summed E-state index contributed by atoms with van der Waals surface area (Å²) in [4.78, 5) is 15.3. The molecule has 0 spiro atoms. The van der Waals surface area contributed by atoms with E-state index in [0.717, 1.165) is 18.4 Å². The van der Waals surface area contributed by atoms with Gasteiger partial charge in [-0.1, -0.05) is 19.3 Å². The Morgan fingerprint density at radius 2 is 1.88 bits per heavy atom. The van der Waals surface area contributed by atoms with Gasteiger partial charge in [0.25, 0.3) is 0 Å². The predicted octanol–water partition coefficient (Wildman–Crippen LogP) is 2.83. The van der Waals surface area contributed by atoms with Crippen LogP contribution in [0.15, 0.2) is 24.5 Å². The summed E-state index contributed by atoms with van der Waals surface area (Å²) < 4.78 is 0. The minimum Gasteiger partial charge on any atom is -0.481 e. The van der Waals surface area contributed by atoms with Gasteiger partial charge in [0.05, 0.1) is 5.92 Å². The van der Waals surface area contributed by atoms with E-state index in [9.17, 15) is 9.90 Å². The maximum atomic E-state index is 11.4. The molecule has 2 rings (SSSR count). The summed E-state index contributed by atoms with van der Waals surface area (Å²) in [5, 5.41) is 9.36. The van der Waals surface area contributed by atoms with Crippen molar-refractivity contribution in [1.29, 1.82) is 0 Å². The van der Waals surface area contributed by atoms with Crippen LogP contribution in [-0.2, 0) is 4.79 Å². The van der Waals surface area contributed by atoms with Gasteiger partial charge in [0.15, 0.2) is 0 Å². The highest BCUT2D eigenvalue weighted by Gasteiger charge is 2.30. The lowest BCUT2D eigenvalue weighted by Gasteiger charge is -2.27. The summed E-state index contributed by atoms with van der Waals surface area (Å²) in [6.07, 6.45) is 9.01. The van der Waals surface area contributed by atoms with Crippen molar-refractivity contribution in [3.8, 4) is 0 Å². The third-order valence-corrected chi connectivity index (χ3v) is 3.45. The molecule has 0 unspecified atom stereocenters. The van der Waals surface area contributed by atoms with Crippen LogP contribution in [-0.4, -0.2) is 16.1 Å². The summed E-state index contributed by atoms with van der Waals surface area (Å²) in [6, 6.07) is 3.65. The van der Waals surface area contributed by atoms with E-state index < -0.39 is 5.97 Å². The van der Waals surface area contributed by atoms with Gasteiger partial charge in [-0.25, -0.2) is 0 Å². The fraction of sp³-hybridized carbons (Fsp3) is 0.538. The van der Waals surface area contributed by atoms with Crippen LogP contribution in [0.4, 0.5) is 0 Å². The second kappa shape index (κ2) is 5.10. The molecule has 1 aliphatic carbocycles. The molecule has 1 aromatic heterocycles. The third kappa shape index (κ3) is 2.40. The Morgan fingerprint density at radius 3 is 2.44 bits per heavy atom. The molecule has 1 N–H and O–H groups in total. The van der Waals surface area contributed by atoms with Crippen molar-refractivity contribution in [2.45, 2.75) is 38.0 Å². The lowest BCUT2D eigenvalue weighted by atomic mass is 9.77. The monoisotopic (exact) mass is 219 g/mol. The quantitative estimate of drug-likeness (QED) is 0.850. The first-order valence-corrected chi connectivity index (χ1v) is 5.92. The fourth-order valence-corrected chi connectivity index (χ4v) is 2.65. The van der Waals surface area contributed by atoms with Gasteiger partial charge in [0.1, 0.15) is 0 Å². The van der Waals surface area contributed by atoms with Crippen LogP contribution in [0.2, 0.25) is 0 Å². The summed E-state index contributed by atoms with van der Waals surface area (Å²) in [6.45, 7) is 0. The SMILES string of the molecule is O=C(O)[C@@H](c1ccncc1)C1CCCCC1. The molecule has 1 atom stereocenters. The molecule has 16 heavy (non-hydrogen) atoms. The number of aliphatic carboxylic acids is 1. The summed E-state index contributed by atoms with van der Waals surface area (Å²) in [7, 11) is 0. The predicted molar refractivity (Wildman–Crippen MR) is 61.2 cm³/mol. The number of carboxylic acid groups (broad SMARTS) is 1. The molecule has 0 aliphatic heterocycles. The maximum absolute atomic E-state index is 11.4. The second-order valence-corrected chi connectivity index (χ2v) is 4.49. The Hall–Kier alpha value is -1.38. The van der Waals surface area contributed by atoms with Crippen LogP contribution in [0, 0.1) is 5.92 Å². The number of carboxylic acids is 1. The highest BCUT2D eigenvalue weighted by molar-refractivity contribution is 5.76. The number of aromatic nitrogens is 1. The molecule has 1 aliphatic rings. The normalized spacial score (nSPS) is 19.2. The molecule has 0 amide bonds. The molecule has 0 radical (unpaired) electrons. The first kappa shape index (κ1) is 11.1. The van der Waals surface area contributed by atoms with Crippen LogP contribution in [0.1, 0.15) is 43.6 Å². The van der Waals surface area contributed by atoms with E-state index in [0.29, 0.717) is 5.92 Å². The summed E-state index contributed by atoms with van der Waals surface area (Å²) in [5.74, 6) is -0.741. The van der Waals surface area contributed by atoms with E-state index in [1.54, 1.807) is 12.4 Å². The zero-order valence-electron chi connectivity index (χ0n) is 9.30. The average Bonchev–Trinajstić information content (AvgIpc) is 2.31. The molecule has 0 bridgehead atoms. The standard InChI is InChI=1S/C13H17NO2/c15-13(16)12(10-4-2-1-3-5-10)11-6-8-14-9-7-11/h6-10,12H,1-5H2,(H,15,16)/t12-/m1/s1. The maximum Gasteiger partial charge on any atom is 0.311 e. The molecule has 0 saturated heterocycles. The van der Waals surface area contributed by atoms with Crippen LogP contribution >= 0.6 is 0 Å². The van der Waals surface area contributed by atoms with Crippen molar-refractivity contribution in [2.75, 3.05) is 0 Å². The van der Waals surface area contributed by atoms with Crippen LogP contribution in [0.25, 0.3) is 0 Å². The fourth-order valence-electron chi connectivity index (χ4n) is 2.65. The van der Waals surface area contributed by atoms with Gasteiger partial charge in [0, 0.05) is 12.4 Å². The average molecular weight is 219 g/mol. The molecule has 86 valence electrons. The lowest BCUT2D eigenvalue weighted by Crippen LogP contribution is -2.23. The smallest absolute Gasteiger partial charge is 0.311 e. The Kier molecular flexibility index (Phi) is 3.54. The van der Waals surface area contributed by atoms with Crippen LogP contribution < -0.4 is 0 Å². The molecular formula is C13H17NO2. The van der Waals surface area contributed by atoms with Crippen LogP contribution in [0.3, 0.4) is 0 Å². The number of hydrogen-bond acceptors (Lipinski definition) is 2. The van der Waals surface area contributed by atoms with Crippen molar-refractivity contribution in [2.24, 2.45) is 5.92 Å². The molecule has 1 fully saturated rings. The summed E-state index contributed by atoms with van der Waals surface area (Å²) in [5.41, 5.74) is 0.898. The van der Waals surface area contributed by atoms with Crippen LogP contribution in [0.5, 0.6) is 0 Å². The van der Waals surface area contributed by atoms with E-state index in [1.807, 2.05) is 12.1 Å². The van der Waals surface area contributed by atoms with E-state index in [1.165, 1.54) is 19.3 Å². The molecule has 1 saturated carbocycles. The molecule has 1 aromatic rings. The number of pyridine rings is 1. The number of hydrogen-bond donors (Lipinski definition) is 1. The second-order valence-electron chi connectivity index (χ2n) is 4.49. The van der Waals surface area contributed by atoms with Gasteiger partial charge in [-0.05, 0) is 36.5 Å². The van der Waals surface area contributed by atoms with E-state index in [2.05, 4.69) is 4.98 Å². The van der Waals surface area contributed by atoms with Crippen molar-refractivity contribution in [3.63, 3.8) is 0 Å². The Labute approximate surface area is 95.5 Å². The molecule has 3 nitrogen and oxygen atoms in total. The van der Waals surface area contributed by atoms with Gasteiger partial charge in [-0.2, -0.15) is 0 Å². The Morgan fingerprint density at radius 1 is 1.25 bits per heavy atom. The minimum absolute atomic E-state index is 0.300. The highest BCUT2D eigenvalue weighted by Crippen LogP contribution is 2.35. The van der Waals surface area contributed by atoms with Crippen molar-refractivity contribution < 1.29 is 9.90 Å². The molecule has 1 heterocycles. The van der Waals surface area contributed by atoms with Crippen molar-refractivity contribution in [3.05, 3.63) is 30.1 Å². The van der Waals surface area contributed by atoms with E-state index in [-0.39, 0.29) is 5.92 Å². The first-order chi connectivity index (χ1) is 7.79. The zero-order valence-corrected chi connectivity index (χ0v) is 9.30. The Balaban J connectivity index is 2.20. The lowest BCUT2D eigenvalue weighted by molar-refractivity contribution is -0.140. The van der Waals surface area contributed by atoms with Crippen molar-refractivity contribution in [1.82, 2.24) is 4.98 Å². The largest absolute Gasteiger partial charge is 0.481 e. The van der Waals surface area contributed by atoms with Gasteiger partial charge in [-0.15, -0.1) is 0 Å². The number of carbonyl (C=O) groups is 1.